The molecule has 2 aromatic rings. The number of carbonyl (C=O) groups is 3. The van der Waals surface area contributed by atoms with Crippen molar-refractivity contribution in [1.29, 1.82) is 0 Å². The summed E-state index contributed by atoms with van der Waals surface area (Å²) in [5.41, 5.74) is 4.34. The van der Waals surface area contributed by atoms with Crippen LogP contribution in [0, 0.1) is 12.8 Å². The molecule has 2 aromatic carbocycles. The first-order valence-corrected chi connectivity index (χ1v) is 12.7. The van der Waals surface area contributed by atoms with E-state index < -0.39 is 5.92 Å². The largest absolute Gasteiger partial charge is 0.499 e. The number of nitrogens with one attached hydrogen (secondary N) is 1. The number of Topliss-reactive ketones (excluding diaryl/α,β-unsaturated/α-hetero) is 2. The van der Waals surface area contributed by atoms with E-state index in [0.717, 1.165) is 29.9 Å². The van der Waals surface area contributed by atoms with Gasteiger partial charge in [0.25, 0.3) is 0 Å². The molecule has 1 N–H and O–H groups in total. The lowest BCUT2D eigenvalue weighted by Gasteiger charge is -2.03. The fourth-order valence-electron chi connectivity index (χ4n) is 2.32. The van der Waals surface area contributed by atoms with Gasteiger partial charge >= 0.3 is 0 Å². The summed E-state index contributed by atoms with van der Waals surface area (Å²) in [6.45, 7) is 22.9. The average Bonchev–Trinajstić information content (AvgIpc) is 2.90. The van der Waals surface area contributed by atoms with Crippen molar-refractivity contribution in [2.45, 2.75) is 75.7 Å². The molecule has 0 heterocycles. The van der Waals surface area contributed by atoms with Crippen LogP contribution >= 0.6 is 0 Å². The minimum Gasteiger partial charge on any atom is -0.499 e. The van der Waals surface area contributed by atoms with Gasteiger partial charge in [-0.15, -0.1) is 0 Å². The van der Waals surface area contributed by atoms with Crippen molar-refractivity contribution in [3.8, 4) is 11.1 Å². The third-order valence-electron chi connectivity index (χ3n) is 4.48. The van der Waals surface area contributed by atoms with Gasteiger partial charge in [-0.05, 0) is 52.2 Å². The van der Waals surface area contributed by atoms with Crippen molar-refractivity contribution in [3.63, 3.8) is 0 Å². The number of ether oxygens (including phenoxy) is 1. The highest BCUT2D eigenvalue weighted by Crippen LogP contribution is 2.20. The SMILES string of the molecule is C=C(C)OCCC.CC.CC.CC(=O)c1ccc(-c2ccc(C)cc2)cc1.CNC(=O)C(C)C(C)=O. The maximum absolute atomic E-state index is 11.1. The predicted molar refractivity (Wildman–Crippen MR) is 154 cm³/mol. The number of benzene rings is 2. The number of rotatable bonds is 7. The van der Waals surface area contributed by atoms with Crippen molar-refractivity contribution in [1.82, 2.24) is 5.32 Å². The molecule has 1 unspecified atom stereocenters. The van der Waals surface area contributed by atoms with Gasteiger partial charge in [0.2, 0.25) is 5.91 Å². The Balaban J connectivity index is -0.000000466. The molecule has 0 aliphatic carbocycles. The summed E-state index contributed by atoms with van der Waals surface area (Å²) in [5, 5.41) is 2.39. The van der Waals surface area contributed by atoms with Crippen molar-refractivity contribution >= 4 is 17.5 Å². The maximum atomic E-state index is 11.1. The molecule has 5 heteroatoms. The zero-order valence-electron chi connectivity index (χ0n) is 24.5. The summed E-state index contributed by atoms with van der Waals surface area (Å²) in [6, 6.07) is 16.1. The Morgan fingerprint density at radius 2 is 1.28 bits per heavy atom. The second-order valence-corrected chi connectivity index (χ2v) is 7.50. The lowest BCUT2D eigenvalue weighted by Crippen LogP contribution is -2.29. The Morgan fingerprint density at radius 3 is 1.53 bits per heavy atom. The number of ketones is 2. The Hall–Kier alpha value is -3.21. The monoisotopic (exact) mass is 499 g/mol. The fourth-order valence-corrected chi connectivity index (χ4v) is 2.32. The van der Waals surface area contributed by atoms with Gasteiger partial charge in [0.15, 0.2) is 5.78 Å². The topological polar surface area (TPSA) is 72.5 Å². The van der Waals surface area contributed by atoms with Gasteiger partial charge in [-0.2, -0.15) is 0 Å². The van der Waals surface area contributed by atoms with Gasteiger partial charge in [0.1, 0.15) is 5.78 Å². The highest BCUT2D eigenvalue weighted by Gasteiger charge is 2.14. The molecule has 0 fully saturated rings. The maximum Gasteiger partial charge on any atom is 0.230 e. The third-order valence-corrected chi connectivity index (χ3v) is 4.48. The molecule has 0 saturated carbocycles. The van der Waals surface area contributed by atoms with E-state index in [2.05, 4.69) is 50.0 Å². The summed E-state index contributed by atoms with van der Waals surface area (Å²) in [7, 11) is 1.52. The third kappa shape index (κ3) is 18.2. The Labute approximate surface area is 220 Å². The first-order valence-electron chi connectivity index (χ1n) is 12.7. The van der Waals surface area contributed by atoms with E-state index in [9.17, 15) is 14.4 Å². The van der Waals surface area contributed by atoms with Crippen LogP contribution in [-0.2, 0) is 14.3 Å². The zero-order chi connectivity index (χ0) is 28.7. The van der Waals surface area contributed by atoms with Crippen LogP contribution in [0.3, 0.4) is 0 Å². The number of hydrogen-bond acceptors (Lipinski definition) is 4. The van der Waals surface area contributed by atoms with Crippen LogP contribution < -0.4 is 5.32 Å². The van der Waals surface area contributed by atoms with Gasteiger partial charge in [-0.1, -0.05) is 95.3 Å². The minimum absolute atomic E-state index is 0.102. The minimum atomic E-state index is -0.505. The summed E-state index contributed by atoms with van der Waals surface area (Å²) in [4.78, 5) is 32.2. The first kappa shape index (κ1) is 37.3. The predicted octanol–water partition coefficient (Wildman–Crippen LogP) is 7.82. The zero-order valence-corrected chi connectivity index (χ0v) is 24.5. The van der Waals surface area contributed by atoms with E-state index >= 15 is 0 Å². The van der Waals surface area contributed by atoms with E-state index in [1.54, 1.807) is 13.8 Å². The van der Waals surface area contributed by atoms with E-state index in [1.807, 2.05) is 58.9 Å². The quantitative estimate of drug-likeness (QED) is 0.239. The van der Waals surface area contributed by atoms with E-state index in [-0.39, 0.29) is 17.5 Å². The molecule has 0 aliphatic heterocycles. The molecule has 0 aromatic heterocycles. The first-order chi connectivity index (χ1) is 17.0. The van der Waals surface area contributed by atoms with Gasteiger partial charge in [-0.3, -0.25) is 14.4 Å². The highest BCUT2D eigenvalue weighted by atomic mass is 16.5. The Kier molecular flexibility index (Phi) is 24.4. The molecule has 0 spiro atoms. The molecule has 1 atom stereocenters. The van der Waals surface area contributed by atoms with E-state index in [1.165, 1.54) is 25.1 Å². The molecule has 0 saturated heterocycles. The van der Waals surface area contributed by atoms with Gasteiger partial charge in [0.05, 0.1) is 18.3 Å². The summed E-state index contributed by atoms with van der Waals surface area (Å²) >= 11 is 0. The smallest absolute Gasteiger partial charge is 0.230 e. The van der Waals surface area contributed by atoms with Gasteiger partial charge in [-0.25, -0.2) is 0 Å². The standard InChI is InChI=1S/C15H14O.C6H11NO2.C6H12O.2C2H6/c1-11-3-5-14(6-4-11)15-9-7-13(8-10-15)12(2)16;1-4(5(2)8)6(9)7-3;1-4-5-7-6(2)3;2*1-2/h3-10H,1-2H3;4H,1-3H3,(H,7,9);2,4-5H2,1,3H3;2*1-2H3. The Morgan fingerprint density at radius 1 is 0.861 bits per heavy atom. The van der Waals surface area contributed by atoms with Crippen molar-refractivity contribution in [2.75, 3.05) is 13.7 Å². The number of allylic oxidation sites excluding steroid dienone is 1. The van der Waals surface area contributed by atoms with Crippen molar-refractivity contribution in [3.05, 3.63) is 72.0 Å². The lowest BCUT2D eigenvalue weighted by atomic mass is 10.0. The lowest BCUT2D eigenvalue weighted by molar-refractivity contribution is -0.131. The van der Waals surface area contributed by atoms with Crippen LogP contribution in [0.1, 0.15) is 84.7 Å². The molecule has 5 nitrogen and oxygen atoms in total. The van der Waals surface area contributed by atoms with Crippen LogP contribution in [0.15, 0.2) is 60.9 Å². The normalized spacial score (nSPS) is 9.53. The van der Waals surface area contributed by atoms with Crippen molar-refractivity contribution < 1.29 is 19.1 Å². The molecule has 0 radical (unpaired) electrons. The summed E-state index contributed by atoms with van der Waals surface area (Å²) in [6.07, 6.45) is 1.06. The molecule has 36 heavy (non-hydrogen) atoms. The molecule has 0 aliphatic rings. The van der Waals surface area contributed by atoms with Crippen LogP contribution in [0.2, 0.25) is 0 Å². The van der Waals surface area contributed by atoms with E-state index in [0.29, 0.717) is 0 Å². The van der Waals surface area contributed by atoms with E-state index in [4.69, 9.17) is 4.74 Å². The molecular formula is C31H49NO4. The number of amides is 1. The Bertz CT molecular complexity index is 868. The summed E-state index contributed by atoms with van der Waals surface area (Å²) in [5.74, 6) is 0.0872. The molecule has 202 valence electrons. The number of aryl methyl sites for hydroxylation is 1. The highest BCUT2D eigenvalue weighted by molar-refractivity contribution is 5.99. The second-order valence-electron chi connectivity index (χ2n) is 7.50. The molecular weight excluding hydrogens is 450 g/mol. The number of hydrogen-bond donors (Lipinski definition) is 1. The van der Waals surface area contributed by atoms with Gasteiger partial charge < -0.3 is 10.1 Å². The summed E-state index contributed by atoms with van der Waals surface area (Å²) < 4.78 is 5.00. The van der Waals surface area contributed by atoms with Crippen LogP contribution in [0.25, 0.3) is 11.1 Å². The van der Waals surface area contributed by atoms with Crippen LogP contribution in [-0.4, -0.2) is 31.1 Å². The van der Waals surface area contributed by atoms with Gasteiger partial charge in [0, 0.05) is 12.6 Å². The van der Waals surface area contributed by atoms with Crippen LogP contribution in [0.4, 0.5) is 0 Å². The fraction of sp³-hybridized carbons (Fsp3) is 0.452. The van der Waals surface area contributed by atoms with Crippen LogP contribution in [0.5, 0.6) is 0 Å². The van der Waals surface area contributed by atoms with Crippen molar-refractivity contribution in [2.24, 2.45) is 5.92 Å². The molecule has 0 bridgehead atoms. The molecule has 1 amide bonds. The average molecular weight is 500 g/mol. The number of carbonyl (C=O) groups excluding carboxylic acids is 3. The molecule has 2 rings (SSSR count). The second kappa shape index (κ2) is 23.5.